The van der Waals surface area contributed by atoms with Gasteiger partial charge in [0, 0.05) is 13.2 Å². The molecule has 2 heterocycles. The summed E-state index contributed by atoms with van der Waals surface area (Å²) in [5.74, 6) is 0. The predicted molar refractivity (Wildman–Crippen MR) is 75.0 cm³/mol. The molecule has 2 fully saturated rings. The standard InChI is InChI=1S/2C6H14OSi/c2*1-8(2)6-4-3-5-7-8/h2*3-6H2,1-2H3. The van der Waals surface area contributed by atoms with Crippen LogP contribution in [0.15, 0.2) is 0 Å². The Kier molecular flexibility index (Phi) is 5.70. The van der Waals surface area contributed by atoms with Crippen molar-refractivity contribution in [2.24, 2.45) is 0 Å². The van der Waals surface area contributed by atoms with Gasteiger partial charge >= 0.3 is 0 Å². The third-order valence-corrected chi connectivity index (χ3v) is 8.42. The summed E-state index contributed by atoms with van der Waals surface area (Å²) in [5.41, 5.74) is 0. The van der Waals surface area contributed by atoms with Crippen LogP contribution in [-0.2, 0) is 8.85 Å². The van der Waals surface area contributed by atoms with Gasteiger partial charge in [-0.25, -0.2) is 0 Å². The maximum Gasteiger partial charge on any atom is 0.186 e. The highest BCUT2D eigenvalue weighted by Crippen LogP contribution is 2.20. The molecule has 16 heavy (non-hydrogen) atoms. The van der Waals surface area contributed by atoms with Crippen molar-refractivity contribution < 1.29 is 8.85 Å². The van der Waals surface area contributed by atoms with Gasteiger partial charge in [-0.2, -0.15) is 0 Å². The average Bonchev–Trinajstić information content (AvgIpc) is 2.17. The Bertz CT molecular complexity index is 167. The molecule has 96 valence electrons. The van der Waals surface area contributed by atoms with Crippen LogP contribution >= 0.6 is 0 Å². The fraction of sp³-hybridized carbons (Fsp3) is 1.00. The van der Waals surface area contributed by atoms with Crippen LogP contribution in [0.1, 0.15) is 25.7 Å². The maximum atomic E-state index is 5.60. The lowest BCUT2D eigenvalue weighted by atomic mass is 10.4. The van der Waals surface area contributed by atoms with Gasteiger partial charge in [0.1, 0.15) is 0 Å². The molecular formula is C12H28O2Si2. The summed E-state index contributed by atoms with van der Waals surface area (Å²) in [6, 6.07) is 2.74. The summed E-state index contributed by atoms with van der Waals surface area (Å²) >= 11 is 0. The molecular weight excluding hydrogens is 232 g/mol. The van der Waals surface area contributed by atoms with Crippen molar-refractivity contribution in [3.8, 4) is 0 Å². The van der Waals surface area contributed by atoms with Crippen molar-refractivity contribution in [3.63, 3.8) is 0 Å². The number of rotatable bonds is 0. The Balaban J connectivity index is 0.000000160. The molecule has 0 bridgehead atoms. The highest BCUT2D eigenvalue weighted by atomic mass is 28.4. The summed E-state index contributed by atoms with van der Waals surface area (Å²) < 4.78 is 11.2. The molecule has 2 rings (SSSR count). The topological polar surface area (TPSA) is 18.5 Å². The second-order valence-corrected chi connectivity index (χ2v) is 14.7. The first kappa shape index (κ1) is 14.4. The van der Waals surface area contributed by atoms with E-state index < -0.39 is 16.6 Å². The van der Waals surface area contributed by atoms with Gasteiger partial charge in [-0.1, -0.05) is 12.8 Å². The van der Waals surface area contributed by atoms with E-state index in [1.807, 2.05) is 0 Å². The molecule has 0 atom stereocenters. The third kappa shape index (κ3) is 6.18. The molecule has 0 aromatic carbocycles. The smallest absolute Gasteiger partial charge is 0.186 e. The number of hydrogen-bond donors (Lipinski definition) is 0. The zero-order valence-electron chi connectivity index (χ0n) is 11.5. The van der Waals surface area contributed by atoms with Gasteiger partial charge in [-0.05, 0) is 51.1 Å². The molecule has 2 aliphatic rings. The lowest BCUT2D eigenvalue weighted by molar-refractivity contribution is 0.275. The second-order valence-electron chi connectivity index (χ2n) is 6.13. The van der Waals surface area contributed by atoms with E-state index in [0.29, 0.717) is 0 Å². The molecule has 0 aromatic rings. The van der Waals surface area contributed by atoms with Crippen molar-refractivity contribution in [1.29, 1.82) is 0 Å². The molecule has 0 unspecified atom stereocenters. The van der Waals surface area contributed by atoms with E-state index in [-0.39, 0.29) is 0 Å². The Morgan fingerprint density at radius 1 is 0.625 bits per heavy atom. The lowest BCUT2D eigenvalue weighted by Crippen LogP contribution is -2.33. The maximum absolute atomic E-state index is 5.60. The first-order chi connectivity index (χ1) is 7.41. The third-order valence-electron chi connectivity index (χ3n) is 3.33. The van der Waals surface area contributed by atoms with Gasteiger partial charge in [0.05, 0.1) is 0 Å². The Morgan fingerprint density at radius 2 is 1.00 bits per heavy atom. The first-order valence-corrected chi connectivity index (χ1v) is 12.9. The molecule has 0 N–H and O–H groups in total. The Labute approximate surface area is 103 Å². The van der Waals surface area contributed by atoms with Crippen LogP contribution in [0, 0.1) is 0 Å². The van der Waals surface area contributed by atoms with Crippen molar-refractivity contribution in [2.75, 3.05) is 13.2 Å². The van der Waals surface area contributed by atoms with Gasteiger partial charge in [0.25, 0.3) is 0 Å². The zero-order chi connectivity index (χ0) is 12.1. The molecule has 0 spiro atoms. The largest absolute Gasteiger partial charge is 0.417 e. The highest BCUT2D eigenvalue weighted by molar-refractivity contribution is 6.71. The van der Waals surface area contributed by atoms with Crippen molar-refractivity contribution in [2.45, 2.75) is 64.0 Å². The summed E-state index contributed by atoms with van der Waals surface area (Å²) in [4.78, 5) is 0. The molecule has 2 aliphatic heterocycles. The molecule has 0 aliphatic carbocycles. The summed E-state index contributed by atoms with van der Waals surface area (Å²) in [6.45, 7) is 11.2. The predicted octanol–water partition coefficient (Wildman–Crippen LogP) is 4.00. The van der Waals surface area contributed by atoms with E-state index in [9.17, 15) is 0 Å². The quantitative estimate of drug-likeness (QED) is 0.613. The highest BCUT2D eigenvalue weighted by Gasteiger charge is 2.25. The fourth-order valence-corrected chi connectivity index (χ4v) is 6.03. The molecule has 2 nitrogen and oxygen atoms in total. The van der Waals surface area contributed by atoms with Gasteiger partial charge in [-0.3, -0.25) is 0 Å². The summed E-state index contributed by atoms with van der Waals surface area (Å²) in [5, 5.41) is 0. The van der Waals surface area contributed by atoms with Gasteiger partial charge < -0.3 is 8.85 Å². The lowest BCUT2D eigenvalue weighted by Gasteiger charge is -2.27. The van der Waals surface area contributed by atoms with E-state index in [2.05, 4.69) is 26.2 Å². The molecule has 0 radical (unpaired) electrons. The monoisotopic (exact) mass is 260 g/mol. The SMILES string of the molecule is C[Si]1(C)CCCCO1.C[Si]1(C)CCCCO1. The molecule has 2 saturated heterocycles. The van der Waals surface area contributed by atoms with Gasteiger partial charge in [0.15, 0.2) is 16.6 Å². The zero-order valence-corrected chi connectivity index (χ0v) is 13.5. The average molecular weight is 261 g/mol. The molecule has 0 aromatic heterocycles. The van der Waals surface area contributed by atoms with Crippen molar-refractivity contribution in [3.05, 3.63) is 0 Å². The van der Waals surface area contributed by atoms with Crippen molar-refractivity contribution >= 4 is 16.6 Å². The summed E-state index contributed by atoms with van der Waals surface area (Å²) in [7, 11) is -2.18. The van der Waals surface area contributed by atoms with E-state index >= 15 is 0 Å². The van der Waals surface area contributed by atoms with Crippen LogP contribution in [0.25, 0.3) is 0 Å². The van der Waals surface area contributed by atoms with Crippen molar-refractivity contribution in [1.82, 2.24) is 0 Å². The van der Waals surface area contributed by atoms with E-state index in [1.165, 1.54) is 37.8 Å². The summed E-state index contributed by atoms with van der Waals surface area (Å²) in [6.07, 6.45) is 5.38. The minimum Gasteiger partial charge on any atom is -0.417 e. The molecule has 0 amide bonds. The first-order valence-electron chi connectivity index (χ1n) is 6.69. The van der Waals surface area contributed by atoms with E-state index in [0.717, 1.165) is 13.2 Å². The Hall–Kier alpha value is 0.354. The van der Waals surface area contributed by atoms with Crippen LogP contribution in [-0.4, -0.2) is 29.8 Å². The van der Waals surface area contributed by atoms with Crippen LogP contribution in [0.2, 0.25) is 38.3 Å². The van der Waals surface area contributed by atoms with Crippen LogP contribution < -0.4 is 0 Å². The molecule has 0 saturated carbocycles. The van der Waals surface area contributed by atoms with Crippen LogP contribution in [0.3, 0.4) is 0 Å². The van der Waals surface area contributed by atoms with Crippen LogP contribution in [0.4, 0.5) is 0 Å². The fourth-order valence-electron chi connectivity index (χ4n) is 2.15. The molecule has 4 heteroatoms. The van der Waals surface area contributed by atoms with E-state index in [4.69, 9.17) is 8.85 Å². The van der Waals surface area contributed by atoms with Gasteiger partial charge in [-0.15, -0.1) is 0 Å². The second kappa shape index (κ2) is 6.33. The minimum absolute atomic E-state index is 1.03. The Morgan fingerprint density at radius 3 is 1.12 bits per heavy atom. The number of hydrogen-bond acceptors (Lipinski definition) is 2. The van der Waals surface area contributed by atoms with Crippen LogP contribution in [0.5, 0.6) is 0 Å². The normalized spacial score (nSPS) is 27.8. The van der Waals surface area contributed by atoms with Gasteiger partial charge in [0.2, 0.25) is 0 Å². The minimum atomic E-state index is -1.09. The van der Waals surface area contributed by atoms with E-state index in [1.54, 1.807) is 0 Å².